The maximum atomic E-state index is 10.8. The predicted molar refractivity (Wildman–Crippen MR) is 87.1 cm³/mol. The van der Waals surface area contributed by atoms with E-state index in [1.165, 1.54) is 12.1 Å². The summed E-state index contributed by atoms with van der Waals surface area (Å²) >= 11 is 0. The van der Waals surface area contributed by atoms with Crippen molar-refractivity contribution in [3.8, 4) is 17.6 Å². The van der Waals surface area contributed by atoms with Crippen molar-refractivity contribution in [2.45, 2.75) is 0 Å². The van der Waals surface area contributed by atoms with Crippen molar-refractivity contribution in [1.29, 1.82) is 5.26 Å². The molecule has 0 saturated carbocycles. The Kier molecular flexibility index (Phi) is 5.20. The molecule has 0 saturated heterocycles. The summed E-state index contributed by atoms with van der Waals surface area (Å²) in [5.74, 6) is 1.17. The molecule has 0 unspecified atom stereocenters. The van der Waals surface area contributed by atoms with E-state index in [1.54, 1.807) is 50.6 Å². The molecule has 0 radical (unpaired) electrons. The molecular weight excluding hydrogens is 296 g/mol. The lowest BCUT2D eigenvalue weighted by atomic mass is 10.0. The topological polar surface area (TPSA) is 88.8 Å². The normalized spacial score (nSPS) is 10.8. The first-order chi connectivity index (χ1) is 11.1. The molecule has 0 heterocycles. The standard InChI is InChI=1S/C17H15N2O4/c1-22-16-8-3-12(10-17(16)23-2)9-14(11-18)13-4-6-15(7-5-13)19(20)21/h3-10,20H,1-2H3/q-1. The SMILES string of the molecule is COc1ccc(C=C(C#N)c2ccc(N([O-])O)cc2)cc1OC. The lowest BCUT2D eigenvalue weighted by molar-refractivity contribution is 0.296. The quantitative estimate of drug-likeness (QED) is 0.517. The number of nitrogens with zero attached hydrogens (tertiary/aromatic N) is 2. The van der Waals surface area contributed by atoms with Crippen LogP contribution >= 0.6 is 0 Å². The molecule has 0 bridgehead atoms. The van der Waals surface area contributed by atoms with Crippen LogP contribution in [0.25, 0.3) is 11.6 Å². The van der Waals surface area contributed by atoms with Gasteiger partial charge in [0.1, 0.15) is 0 Å². The second-order valence-electron chi connectivity index (χ2n) is 4.60. The fourth-order valence-electron chi connectivity index (χ4n) is 2.06. The van der Waals surface area contributed by atoms with Gasteiger partial charge in [-0.1, -0.05) is 18.2 Å². The lowest BCUT2D eigenvalue weighted by Crippen LogP contribution is -2.06. The average molecular weight is 311 g/mol. The van der Waals surface area contributed by atoms with Crippen LogP contribution in [0, 0.1) is 16.5 Å². The van der Waals surface area contributed by atoms with E-state index in [-0.39, 0.29) is 10.9 Å². The van der Waals surface area contributed by atoms with E-state index >= 15 is 0 Å². The minimum Gasteiger partial charge on any atom is -0.733 e. The van der Waals surface area contributed by atoms with E-state index in [0.717, 1.165) is 5.56 Å². The monoisotopic (exact) mass is 311 g/mol. The van der Waals surface area contributed by atoms with Crippen LogP contribution in [0.5, 0.6) is 11.5 Å². The molecule has 0 amide bonds. The van der Waals surface area contributed by atoms with Crippen LogP contribution in [0.1, 0.15) is 11.1 Å². The molecule has 23 heavy (non-hydrogen) atoms. The number of methoxy groups -OCH3 is 2. The Hall–Kier alpha value is -3.01. The van der Waals surface area contributed by atoms with Crippen molar-refractivity contribution in [1.82, 2.24) is 0 Å². The summed E-state index contributed by atoms with van der Waals surface area (Å²) in [5.41, 5.74) is 1.92. The number of ether oxygens (including phenoxy) is 2. The Balaban J connectivity index is 2.37. The van der Waals surface area contributed by atoms with Crippen molar-refractivity contribution < 1.29 is 14.7 Å². The number of anilines is 1. The van der Waals surface area contributed by atoms with Gasteiger partial charge in [0.15, 0.2) is 11.5 Å². The largest absolute Gasteiger partial charge is 0.733 e. The third kappa shape index (κ3) is 3.80. The summed E-state index contributed by atoms with van der Waals surface area (Å²) in [4.78, 5) is 0. The van der Waals surface area contributed by atoms with Gasteiger partial charge in [0.2, 0.25) is 0 Å². The molecule has 0 aliphatic heterocycles. The van der Waals surface area contributed by atoms with Gasteiger partial charge in [0, 0.05) is 0 Å². The number of allylic oxidation sites excluding steroid dienone is 1. The van der Waals surface area contributed by atoms with E-state index in [4.69, 9.17) is 14.7 Å². The Labute approximate surface area is 133 Å². The first-order valence-corrected chi connectivity index (χ1v) is 6.69. The van der Waals surface area contributed by atoms with Crippen molar-refractivity contribution in [2.24, 2.45) is 0 Å². The summed E-state index contributed by atoms with van der Waals surface area (Å²) in [6.45, 7) is 0. The van der Waals surface area contributed by atoms with E-state index in [9.17, 15) is 10.5 Å². The van der Waals surface area contributed by atoms with Gasteiger partial charge in [-0.3, -0.25) is 5.21 Å². The third-order valence-corrected chi connectivity index (χ3v) is 3.24. The number of rotatable bonds is 5. The Morgan fingerprint density at radius 2 is 1.78 bits per heavy atom. The molecule has 2 rings (SSSR count). The van der Waals surface area contributed by atoms with E-state index in [2.05, 4.69) is 6.07 Å². The van der Waals surface area contributed by atoms with Crippen molar-refractivity contribution in [2.75, 3.05) is 19.4 Å². The summed E-state index contributed by atoms with van der Waals surface area (Å²) in [6.07, 6.45) is 1.70. The first kappa shape index (κ1) is 16.4. The molecule has 0 aliphatic carbocycles. The minimum absolute atomic E-state index is 0.0946. The zero-order valence-corrected chi connectivity index (χ0v) is 12.7. The number of hydrogen-bond donors (Lipinski definition) is 1. The second-order valence-corrected chi connectivity index (χ2v) is 4.60. The highest BCUT2D eigenvalue weighted by atomic mass is 16.8. The molecule has 118 valence electrons. The van der Waals surface area contributed by atoms with Crippen molar-refractivity contribution in [3.05, 3.63) is 58.8 Å². The van der Waals surface area contributed by atoms with Gasteiger partial charge in [0.25, 0.3) is 0 Å². The number of hydrogen-bond acceptors (Lipinski definition) is 6. The zero-order chi connectivity index (χ0) is 16.8. The van der Waals surface area contributed by atoms with Crippen LogP contribution < -0.4 is 14.7 Å². The second kappa shape index (κ2) is 7.31. The van der Waals surface area contributed by atoms with Crippen LogP contribution in [-0.4, -0.2) is 19.4 Å². The molecule has 0 aliphatic rings. The van der Waals surface area contributed by atoms with Crippen LogP contribution in [0.2, 0.25) is 0 Å². The fraction of sp³-hybridized carbons (Fsp3) is 0.118. The summed E-state index contributed by atoms with van der Waals surface area (Å²) in [5, 5.41) is 28.7. The summed E-state index contributed by atoms with van der Waals surface area (Å²) < 4.78 is 10.4. The lowest BCUT2D eigenvalue weighted by Gasteiger charge is -2.21. The molecule has 0 atom stereocenters. The van der Waals surface area contributed by atoms with E-state index < -0.39 is 0 Å². The highest BCUT2D eigenvalue weighted by Crippen LogP contribution is 2.29. The van der Waals surface area contributed by atoms with Crippen molar-refractivity contribution >= 4 is 17.3 Å². The number of nitriles is 1. The third-order valence-electron chi connectivity index (χ3n) is 3.24. The van der Waals surface area contributed by atoms with Crippen LogP contribution in [0.3, 0.4) is 0 Å². The van der Waals surface area contributed by atoms with E-state index in [0.29, 0.717) is 22.6 Å². The molecule has 1 N–H and O–H groups in total. The molecule has 6 heteroatoms. The molecule has 2 aromatic rings. The van der Waals surface area contributed by atoms with Crippen LogP contribution in [-0.2, 0) is 0 Å². The minimum atomic E-state index is -0.228. The highest BCUT2D eigenvalue weighted by molar-refractivity contribution is 5.90. The maximum absolute atomic E-state index is 10.8. The van der Waals surface area contributed by atoms with E-state index in [1.807, 2.05) is 0 Å². The van der Waals surface area contributed by atoms with Gasteiger partial charge in [-0.2, -0.15) is 5.26 Å². The van der Waals surface area contributed by atoms with Crippen LogP contribution in [0.4, 0.5) is 5.69 Å². The first-order valence-electron chi connectivity index (χ1n) is 6.69. The molecule has 0 fully saturated rings. The molecule has 0 spiro atoms. The van der Waals surface area contributed by atoms with Gasteiger partial charge < -0.3 is 19.9 Å². The Morgan fingerprint density at radius 1 is 1.13 bits per heavy atom. The van der Waals surface area contributed by atoms with Gasteiger partial charge >= 0.3 is 0 Å². The van der Waals surface area contributed by atoms with Crippen LogP contribution in [0.15, 0.2) is 42.5 Å². The average Bonchev–Trinajstić information content (AvgIpc) is 2.59. The summed E-state index contributed by atoms with van der Waals surface area (Å²) in [7, 11) is 3.09. The van der Waals surface area contributed by atoms with Gasteiger partial charge in [0.05, 0.1) is 31.5 Å². The fourth-order valence-corrected chi connectivity index (χ4v) is 2.06. The van der Waals surface area contributed by atoms with Gasteiger partial charge in [-0.05, 0) is 41.5 Å². The molecule has 0 aromatic heterocycles. The van der Waals surface area contributed by atoms with Gasteiger partial charge in [-0.15, -0.1) is 0 Å². The van der Waals surface area contributed by atoms with Gasteiger partial charge in [-0.25, -0.2) is 0 Å². The predicted octanol–water partition coefficient (Wildman–Crippen LogP) is 3.46. The van der Waals surface area contributed by atoms with Crippen molar-refractivity contribution in [3.63, 3.8) is 0 Å². The smallest absolute Gasteiger partial charge is 0.161 e. The Bertz CT molecular complexity index is 746. The summed E-state index contributed by atoms with van der Waals surface area (Å²) in [6, 6.07) is 13.5. The molecule has 2 aromatic carbocycles. The highest BCUT2D eigenvalue weighted by Gasteiger charge is 2.06. The number of benzene rings is 2. The molecular formula is C17H15N2O4-. The molecule has 6 nitrogen and oxygen atoms in total. The Morgan fingerprint density at radius 3 is 2.30 bits per heavy atom. The zero-order valence-electron chi connectivity index (χ0n) is 12.7. The maximum Gasteiger partial charge on any atom is 0.161 e.